The van der Waals surface area contributed by atoms with Crippen molar-refractivity contribution >= 4 is 5.91 Å². The van der Waals surface area contributed by atoms with Crippen LogP contribution >= 0.6 is 0 Å². The SMILES string of the molecule is CCC(CC)C(=O)N1CC(c2cccnc2)C(c2nc(-c3ccccc3)no2)C1. The molecule has 2 atom stereocenters. The second kappa shape index (κ2) is 8.55. The second-order valence-electron chi connectivity index (χ2n) is 7.58. The number of carbonyl (C=O) groups excluding carboxylic acids is 1. The standard InChI is InChI=1S/C23H26N4O2/c1-3-16(4-2)23(28)27-14-19(18-11-8-12-24-13-18)20(15-27)22-25-21(26-29-22)17-9-6-5-7-10-17/h5-13,16,19-20H,3-4,14-15H2,1-2H3. The van der Waals surface area contributed by atoms with Crippen molar-refractivity contribution in [3.8, 4) is 11.4 Å². The summed E-state index contributed by atoms with van der Waals surface area (Å²) < 4.78 is 5.68. The molecule has 3 aromatic rings. The van der Waals surface area contributed by atoms with E-state index in [1.165, 1.54) is 0 Å². The van der Waals surface area contributed by atoms with Crippen LogP contribution in [0, 0.1) is 5.92 Å². The monoisotopic (exact) mass is 390 g/mol. The maximum atomic E-state index is 13.0. The van der Waals surface area contributed by atoms with Gasteiger partial charge in [0.2, 0.25) is 17.6 Å². The van der Waals surface area contributed by atoms with Crippen molar-refractivity contribution in [2.45, 2.75) is 38.5 Å². The number of pyridine rings is 1. The molecule has 0 N–H and O–H groups in total. The molecule has 0 saturated carbocycles. The highest BCUT2D eigenvalue weighted by Gasteiger charge is 2.41. The molecule has 0 spiro atoms. The predicted octanol–water partition coefficient (Wildman–Crippen LogP) is 4.28. The van der Waals surface area contributed by atoms with Gasteiger partial charge in [-0.3, -0.25) is 9.78 Å². The van der Waals surface area contributed by atoms with Gasteiger partial charge in [-0.1, -0.05) is 55.4 Å². The molecule has 0 aliphatic carbocycles. The number of hydrogen-bond acceptors (Lipinski definition) is 5. The Kier molecular flexibility index (Phi) is 5.69. The fourth-order valence-electron chi connectivity index (χ4n) is 4.15. The zero-order chi connectivity index (χ0) is 20.2. The third-order valence-corrected chi connectivity index (χ3v) is 5.87. The Labute approximate surface area is 171 Å². The Balaban J connectivity index is 1.64. The van der Waals surface area contributed by atoms with Gasteiger partial charge in [0.1, 0.15) is 0 Å². The maximum absolute atomic E-state index is 13.0. The van der Waals surface area contributed by atoms with E-state index in [9.17, 15) is 4.79 Å². The van der Waals surface area contributed by atoms with Crippen molar-refractivity contribution in [1.29, 1.82) is 0 Å². The van der Waals surface area contributed by atoms with Crippen molar-refractivity contribution < 1.29 is 9.32 Å². The molecule has 1 amide bonds. The molecule has 2 unspecified atom stereocenters. The summed E-state index contributed by atoms with van der Waals surface area (Å²) in [5.74, 6) is 1.49. The first kappa shape index (κ1) is 19.3. The van der Waals surface area contributed by atoms with E-state index >= 15 is 0 Å². The molecule has 3 heterocycles. The van der Waals surface area contributed by atoms with Gasteiger partial charge in [0.25, 0.3) is 0 Å². The van der Waals surface area contributed by atoms with Crippen LogP contribution in [-0.4, -0.2) is 39.0 Å². The van der Waals surface area contributed by atoms with Crippen LogP contribution in [0.4, 0.5) is 0 Å². The van der Waals surface area contributed by atoms with Gasteiger partial charge in [-0.25, -0.2) is 0 Å². The molecule has 2 aromatic heterocycles. The highest BCUT2D eigenvalue weighted by molar-refractivity contribution is 5.79. The quantitative estimate of drug-likeness (QED) is 0.628. The average Bonchev–Trinajstić information content (AvgIpc) is 3.43. The molecule has 1 saturated heterocycles. The topological polar surface area (TPSA) is 72.1 Å². The summed E-state index contributed by atoms with van der Waals surface area (Å²) in [5, 5.41) is 4.19. The van der Waals surface area contributed by atoms with Crippen molar-refractivity contribution in [2.75, 3.05) is 13.1 Å². The lowest BCUT2D eigenvalue weighted by Crippen LogP contribution is -2.34. The van der Waals surface area contributed by atoms with Gasteiger partial charge in [-0.15, -0.1) is 0 Å². The van der Waals surface area contributed by atoms with E-state index in [4.69, 9.17) is 4.52 Å². The summed E-state index contributed by atoms with van der Waals surface area (Å²) in [4.78, 5) is 24.0. The summed E-state index contributed by atoms with van der Waals surface area (Å²) in [6, 6.07) is 13.8. The summed E-state index contributed by atoms with van der Waals surface area (Å²) in [7, 11) is 0. The summed E-state index contributed by atoms with van der Waals surface area (Å²) in [5.41, 5.74) is 2.01. The molecule has 6 nitrogen and oxygen atoms in total. The van der Waals surface area contributed by atoms with Crippen molar-refractivity contribution in [3.05, 3.63) is 66.3 Å². The van der Waals surface area contributed by atoms with E-state index in [-0.39, 0.29) is 23.7 Å². The van der Waals surface area contributed by atoms with Gasteiger partial charge in [0.15, 0.2) is 0 Å². The van der Waals surface area contributed by atoms with Crippen molar-refractivity contribution in [2.24, 2.45) is 5.92 Å². The minimum absolute atomic E-state index is 0.0394. The first-order valence-electron chi connectivity index (χ1n) is 10.3. The number of aromatic nitrogens is 3. The number of rotatable bonds is 6. The number of hydrogen-bond donors (Lipinski definition) is 0. The highest BCUT2D eigenvalue weighted by Crippen LogP contribution is 2.40. The van der Waals surface area contributed by atoms with Crippen molar-refractivity contribution in [3.63, 3.8) is 0 Å². The first-order chi connectivity index (χ1) is 14.2. The molecule has 1 aliphatic rings. The van der Waals surface area contributed by atoms with E-state index in [1.54, 1.807) is 6.20 Å². The molecule has 6 heteroatoms. The van der Waals surface area contributed by atoms with Crippen LogP contribution in [0.3, 0.4) is 0 Å². The maximum Gasteiger partial charge on any atom is 0.232 e. The van der Waals surface area contributed by atoms with Gasteiger partial charge < -0.3 is 9.42 Å². The van der Waals surface area contributed by atoms with Crippen LogP contribution in [0.5, 0.6) is 0 Å². The summed E-state index contributed by atoms with van der Waals surface area (Å²) >= 11 is 0. The predicted molar refractivity (Wildman–Crippen MR) is 110 cm³/mol. The molecule has 29 heavy (non-hydrogen) atoms. The van der Waals surface area contributed by atoms with Crippen LogP contribution in [-0.2, 0) is 4.79 Å². The van der Waals surface area contributed by atoms with E-state index in [1.807, 2.05) is 47.5 Å². The third kappa shape index (κ3) is 3.92. The Morgan fingerprint density at radius 2 is 1.86 bits per heavy atom. The Morgan fingerprint density at radius 1 is 1.10 bits per heavy atom. The molecule has 1 fully saturated rings. The normalized spacial score (nSPS) is 19.1. The van der Waals surface area contributed by atoms with E-state index in [0.29, 0.717) is 24.8 Å². The fraction of sp³-hybridized carbons (Fsp3) is 0.391. The number of amides is 1. The molecule has 0 radical (unpaired) electrons. The molecule has 0 bridgehead atoms. The first-order valence-corrected chi connectivity index (χ1v) is 10.3. The second-order valence-corrected chi connectivity index (χ2v) is 7.58. The van der Waals surface area contributed by atoms with E-state index in [2.05, 4.69) is 35.0 Å². The Hall–Kier alpha value is -3.02. The average molecular weight is 390 g/mol. The number of likely N-dealkylation sites (tertiary alicyclic amines) is 1. The highest BCUT2D eigenvalue weighted by atomic mass is 16.5. The fourth-order valence-corrected chi connectivity index (χ4v) is 4.15. The summed E-state index contributed by atoms with van der Waals surface area (Å²) in [6.45, 7) is 5.38. The minimum atomic E-state index is -0.0394. The molecule has 4 rings (SSSR count). The van der Waals surface area contributed by atoms with E-state index in [0.717, 1.165) is 24.0 Å². The van der Waals surface area contributed by atoms with Crippen LogP contribution < -0.4 is 0 Å². The number of nitrogens with zero attached hydrogens (tertiary/aromatic N) is 4. The molecule has 1 aliphatic heterocycles. The minimum Gasteiger partial charge on any atom is -0.341 e. The van der Waals surface area contributed by atoms with Crippen LogP contribution in [0.1, 0.15) is 50.0 Å². The summed E-state index contributed by atoms with van der Waals surface area (Å²) in [6.07, 6.45) is 5.34. The molecular weight excluding hydrogens is 364 g/mol. The van der Waals surface area contributed by atoms with Gasteiger partial charge in [-0.05, 0) is 24.5 Å². The van der Waals surface area contributed by atoms with Crippen molar-refractivity contribution in [1.82, 2.24) is 20.0 Å². The largest absolute Gasteiger partial charge is 0.341 e. The lowest BCUT2D eigenvalue weighted by molar-refractivity contribution is -0.134. The van der Waals surface area contributed by atoms with Gasteiger partial charge >= 0.3 is 0 Å². The smallest absolute Gasteiger partial charge is 0.232 e. The third-order valence-electron chi connectivity index (χ3n) is 5.87. The molecular formula is C23H26N4O2. The molecule has 1 aromatic carbocycles. The zero-order valence-electron chi connectivity index (χ0n) is 16.9. The zero-order valence-corrected chi connectivity index (χ0v) is 16.9. The lowest BCUT2D eigenvalue weighted by atomic mass is 9.90. The number of benzene rings is 1. The van der Waals surface area contributed by atoms with Crippen LogP contribution in [0.25, 0.3) is 11.4 Å². The van der Waals surface area contributed by atoms with Crippen LogP contribution in [0.2, 0.25) is 0 Å². The number of carbonyl (C=O) groups is 1. The van der Waals surface area contributed by atoms with Gasteiger partial charge in [0.05, 0.1) is 5.92 Å². The Bertz CT molecular complexity index is 938. The lowest BCUT2D eigenvalue weighted by Gasteiger charge is -2.21. The van der Waals surface area contributed by atoms with Gasteiger partial charge in [0, 0.05) is 42.9 Å². The molecule has 150 valence electrons. The van der Waals surface area contributed by atoms with Gasteiger partial charge in [-0.2, -0.15) is 4.98 Å². The van der Waals surface area contributed by atoms with Crippen LogP contribution in [0.15, 0.2) is 59.4 Å². The Morgan fingerprint density at radius 3 is 2.55 bits per heavy atom. The van der Waals surface area contributed by atoms with E-state index < -0.39 is 0 Å².